The van der Waals surface area contributed by atoms with Crippen LogP contribution >= 0.6 is 11.6 Å². The van der Waals surface area contributed by atoms with Gasteiger partial charge >= 0.3 is 0 Å². The molecule has 1 aliphatic rings. The van der Waals surface area contributed by atoms with E-state index in [1.165, 1.54) is 12.8 Å². The molecule has 0 aromatic carbocycles. The Morgan fingerprint density at radius 1 is 1.53 bits per heavy atom. The Kier molecular flexibility index (Phi) is 3.57. The molecule has 1 aliphatic carbocycles. The first-order valence-electron chi connectivity index (χ1n) is 6.21. The van der Waals surface area contributed by atoms with Gasteiger partial charge in [0, 0.05) is 13.0 Å². The largest absolute Gasteiger partial charge is 0.299 e. The second kappa shape index (κ2) is 4.81. The lowest BCUT2D eigenvalue weighted by Crippen LogP contribution is -2.20. The molecule has 2 rings (SSSR count). The zero-order valence-corrected chi connectivity index (χ0v) is 11.4. The summed E-state index contributed by atoms with van der Waals surface area (Å²) in [4.78, 5) is 12.2. The van der Waals surface area contributed by atoms with Gasteiger partial charge in [0.25, 0.3) is 0 Å². The third-order valence-corrected chi connectivity index (χ3v) is 4.37. The van der Waals surface area contributed by atoms with Crippen LogP contribution in [0.2, 0.25) is 5.02 Å². The Morgan fingerprint density at radius 2 is 2.24 bits per heavy atom. The van der Waals surface area contributed by atoms with E-state index in [0.717, 1.165) is 17.8 Å². The number of aromatic nitrogens is 2. The number of hydrogen-bond donors (Lipinski definition) is 0. The maximum absolute atomic E-state index is 12.2. The molecule has 0 amide bonds. The van der Waals surface area contributed by atoms with E-state index < -0.39 is 0 Å². The van der Waals surface area contributed by atoms with Crippen molar-refractivity contribution in [1.82, 2.24) is 9.78 Å². The number of nitrogens with zero attached hydrogens (tertiary/aromatic N) is 2. The molecule has 0 radical (unpaired) electrons. The molecule has 4 heteroatoms. The summed E-state index contributed by atoms with van der Waals surface area (Å²) in [5, 5.41) is 4.89. The van der Waals surface area contributed by atoms with Gasteiger partial charge in [-0.2, -0.15) is 5.10 Å². The van der Waals surface area contributed by atoms with E-state index in [9.17, 15) is 4.79 Å². The number of Topliss-reactive ketones (excluding diaryl/α,β-unsaturated/α-hetero) is 1. The Bertz CT molecular complexity index is 439. The lowest BCUT2D eigenvalue weighted by Gasteiger charge is -2.13. The average Bonchev–Trinajstić information content (AvgIpc) is 2.78. The van der Waals surface area contributed by atoms with Crippen LogP contribution in [0.4, 0.5) is 0 Å². The van der Waals surface area contributed by atoms with Gasteiger partial charge in [0.1, 0.15) is 5.78 Å². The van der Waals surface area contributed by atoms with Gasteiger partial charge in [-0.15, -0.1) is 0 Å². The molecule has 1 fully saturated rings. The highest BCUT2D eigenvalue weighted by atomic mass is 35.5. The van der Waals surface area contributed by atoms with Crippen LogP contribution in [-0.2, 0) is 18.3 Å². The second-order valence-electron chi connectivity index (χ2n) is 5.13. The normalized spacial score (nSPS) is 24.2. The highest BCUT2D eigenvalue weighted by molar-refractivity contribution is 6.32. The van der Waals surface area contributed by atoms with Gasteiger partial charge in [0.15, 0.2) is 0 Å². The van der Waals surface area contributed by atoms with Gasteiger partial charge in [-0.1, -0.05) is 24.9 Å². The fraction of sp³-hybridized carbons (Fsp3) is 0.692. The molecule has 0 aliphatic heterocycles. The number of hydrogen-bond acceptors (Lipinski definition) is 2. The van der Waals surface area contributed by atoms with E-state index in [-0.39, 0.29) is 5.92 Å². The number of ketones is 1. The standard InChI is InChI=1S/C13H19ClN2O/c1-8-5-4-6-10(8)12(17)7-11-13(14)9(2)15-16(11)3/h8,10H,4-7H2,1-3H3. The first kappa shape index (κ1) is 12.6. The average molecular weight is 255 g/mol. The fourth-order valence-electron chi connectivity index (χ4n) is 2.79. The molecule has 1 aromatic heterocycles. The van der Waals surface area contributed by atoms with E-state index in [1.807, 2.05) is 14.0 Å². The van der Waals surface area contributed by atoms with Crippen LogP contribution in [0.3, 0.4) is 0 Å². The maximum Gasteiger partial charge on any atom is 0.142 e. The smallest absolute Gasteiger partial charge is 0.142 e. The summed E-state index contributed by atoms with van der Waals surface area (Å²) >= 11 is 6.17. The van der Waals surface area contributed by atoms with E-state index in [2.05, 4.69) is 12.0 Å². The van der Waals surface area contributed by atoms with Crippen LogP contribution in [0.15, 0.2) is 0 Å². The molecule has 0 spiro atoms. The maximum atomic E-state index is 12.2. The molecule has 2 atom stereocenters. The number of rotatable bonds is 3. The minimum atomic E-state index is 0.223. The van der Waals surface area contributed by atoms with Crippen molar-refractivity contribution in [3.05, 3.63) is 16.4 Å². The van der Waals surface area contributed by atoms with Crippen LogP contribution in [0.25, 0.3) is 0 Å². The molecule has 1 aromatic rings. The van der Waals surface area contributed by atoms with Gasteiger partial charge in [0.05, 0.1) is 22.8 Å². The molecule has 94 valence electrons. The summed E-state index contributed by atoms with van der Waals surface area (Å²) < 4.78 is 1.73. The number of carbonyl (C=O) groups is 1. The number of carbonyl (C=O) groups excluding carboxylic acids is 1. The second-order valence-corrected chi connectivity index (χ2v) is 5.51. The number of halogens is 1. The summed E-state index contributed by atoms with van der Waals surface area (Å²) in [6.45, 7) is 4.04. The van der Waals surface area contributed by atoms with E-state index >= 15 is 0 Å². The SMILES string of the molecule is Cc1nn(C)c(CC(=O)C2CCCC2C)c1Cl. The zero-order chi connectivity index (χ0) is 12.6. The van der Waals surface area contributed by atoms with Gasteiger partial charge in [-0.3, -0.25) is 9.48 Å². The first-order valence-corrected chi connectivity index (χ1v) is 6.59. The molecule has 3 nitrogen and oxygen atoms in total. The molecule has 1 heterocycles. The third-order valence-electron chi connectivity index (χ3n) is 3.88. The zero-order valence-electron chi connectivity index (χ0n) is 10.7. The lowest BCUT2D eigenvalue weighted by molar-refractivity contribution is -0.123. The summed E-state index contributed by atoms with van der Waals surface area (Å²) in [6, 6.07) is 0. The van der Waals surface area contributed by atoms with Crippen molar-refractivity contribution < 1.29 is 4.79 Å². The molecule has 17 heavy (non-hydrogen) atoms. The summed E-state index contributed by atoms with van der Waals surface area (Å²) in [5.41, 5.74) is 1.66. The predicted octanol–water partition coefficient (Wildman–Crippen LogP) is 2.93. The Morgan fingerprint density at radius 3 is 2.71 bits per heavy atom. The van der Waals surface area contributed by atoms with Crippen molar-refractivity contribution in [3.63, 3.8) is 0 Å². The molecule has 0 bridgehead atoms. The fourth-order valence-corrected chi connectivity index (χ4v) is 3.02. The van der Waals surface area contributed by atoms with Crippen molar-refractivity contribution in [3.8, 4) is 0 Å². The first-order chi connectivity index (χ1) is 8.00. The third kappa shape index (κ3) is 2.39. The van der Waals surface area contributed by atoms with E-state index in [0.29, 0.717) is 23.1 Å². The predicted molar refractivity (Wildman–Crippen MR) is 68.2 cm³/mol. The van der Waals surface area contributed by atoms with Crippen molar-refractivity contribution in [1.29, 1.82) is 0 Å². The molecular weight excluding hydrogens is 236 g/mol. The van der Waals surface area contributed by atoms with E-state index in [1.54, 1.807) is 4.68 Å². The Balaban J connectivity index is 2.13. The molecule has 2 unspecified atom stereocenters. The number of aryl methyl sites for hydroxylation is 2. The van der Waals surface area contributed by atoms with Crippen LogP contribution in [0.5, 0.6) is 0 Å². The Labute approximate surface area is 107 Å². The van der Waals surface area contributed by atoms with Gasteiger partial charge < -0.3 is 0 Å². The molecule has 1 saturated carbocycles. The summed E-state index contributed by atoms with van der Waals surface area (Å²) in [5.74, 6) is 1.07. The van der Waals surface area contributed by atoms with Crippen molar-refractivity contribution in [2.75, 3.05) is 0 Å². The minimum absolute atomic E-state index is 0.223. The van der Waals surface area contributed by atoms with Crippen LogP contribution in [0.1, 0.15) is 37.6 Å². The molecular formula is C13H19ClN2O. The molecule has 0 saturated heterocycles. The van der Waals surface area contributed by atoms with Crippen molar-refractivity contribution >= 4 is 17.4 Å². The monoisotopic (exact) mass is 254 g/mol. The quantitative estimate of drug-likeness (QED) is 0.831. The highest BCUT2D eigenvalue weighted by Crippen LogP contribution is 2.33. The van der Waals surface area contributed by atoms with Crippen molar-refractivity contribution in [2.45, 2.75) is 39.5 Å². The van der Waals surface area contributed by atoms with Crippen molar-refractivity contribution in [2.24, 2.45) is 18.9 Å². The summed E-state index contributed by atoms with van der Waals surface area (Å²) in [7, 11) is 1.85. The lowest BCUT2D eigenvalue weighted by atomic mass is 9.91. The summed E-state index contributed by atoms with van der Waals surface area (Å²) in [6.07, 6.45) is 3.81. The van der Waals surface area contributed by atoms with Gasteiger partial charge in [0.2, 0.25) is 0 Å². The van der Waals surface area contributed by atoms with Gasteiger partial charge in [-0.25, -0.2) is 0 Å². The van der Waals surface area contributed by atoms with Gasteiger partial charge in [-0.05, 0) is 25.7 Å². The van der Waals surface area contributed by atoms with Crippen LogP contribution in [0, 0.1) is 18.8 Å². The molecule has 0 N–H and O–H groups in total. The highest BCUT2D eigenvalue weighted by Gasteiger charge is 2.30. The minimum Gasteiger partial charge on any atom is -0.299 e. The van der Waals surface area contributed by atoms with Crippen LogP contribution < -0.4 is 0 Å². The topological polar surface area (TPSA) is 34.9 Å². The van der Waals surface area contributed by atoms with Crippen LogP contribution in [-0.4, -0.2) is 15.6 Å². The van der Waals surface area contributed by atoms with E-state index in [4.69, 9.17) is 11.6 Å². The Hall–Kier alpha value is -0.830.